The molecule has 0 aliphatic heterocycles. The number of benzene rings is 1. The molecule has 0 aliphatic carbocycles. The summed E-state index contributed by atoms with van der Waals surface area (Å²) in [5, 5.41) is 10.1. The molecule has 3 N–H and O–H groups in total. The van der Waals surface area contributed by atoms with E-state index in [1.165, 1.54) is 6.20 Å². The second-order valence-corrected chi connectivity index (χ2v) is 6.12. The van der Waals surface area contributed by atoms with Crippen molar-refractivity contribution in [3.05, 3.63) is 56.2 Å². The molecule has 0 saturated carbocycles. The molecular formula is C15H13Cl2N5O2. The van der Waals surface area contributed by atoms with E-state index in [-0.39, 0.29) is 35.3 Å². The molecular weight excluding hydrogens is 353 g/mol. The number of aromatic nitrogens is 4. The average Bonchev–Trinajstić information content (AvgIpc) is 2.95. The lowest BCUT2D eigenvalue weighted by molar-refractivity contribution is -0.121. The fourth-order valence-corrected chi connectivity index (χ4v) is 2.93. The number of fused-ring (bicyclic) bond motifs is 1. The zero-order valence-corrected chi connectivity index (χ0v) is 14.1. The maximum Gasteiger partial charge on any atom is 0.276 e. The third kappa shape index (κ3) is 3.42. The van der Waals surface area contributed by atoms with Gasteiger partial charge in [0.2, 0.25) is 5.91 Å². The molecule has 0 fully saturated rings. The fourth-order valence-electron chi connectivity index (χ4n) is 2.36. The second kappa shape index (κ2) is 6.62. The first kappa shape index (κ1) is 16.5. The van der Waals surface area contributed by atoms with Crippen LogP contribution in [0.15, 0.2) is 29.2 Å². The topological polar surface area (TPSA) is 104 Å². The van der Waals surface area contributed by atoms with Gasteiger partial charge in [-0.05, 0) is 24.6 Å². The van der Waals surface area contributed by atoms with Crippen molar-refractivity contribution < 1.29 is 4.79 Å². The van der Waals surface area contributed by atoms with Crippen molar-refractivity contribution in [2.24, 2.45) is 0 Å². The van der Waals surface area contributed by atoms with E-state index in [1.54, 1.807) is 18.2 Å². The number of nitrogens with one attached hydrogen (secondary N) is 3. The van der Waals surface area contributed by atoms with Gasteiger partial charge in [-0.1, -0.05) is 29.3 Å². The van der Waals surface area contributed by atoms with Crippen LogP contribution in [0.1, 0.15) is 24.4 Å². The van der Waals surface area contributed by atoms with E-state index in [0.29, 0.717) is 15.6 Å². The first-order valence-corrected chi connectivity index (χ1v) is 7.86. The van der Waals surface area contributed by atoms with Crippen molar-refractivity contribution in [2.75, 3.05) is 0 Å². The third-order valence-corrected chi connectivity index (χ3v) is 4.06. The molecule has 0 bridgehead atoms. The summed E-state index contributed by atoms with van der Waals surface area (Å²) in [5.74, 6) is -0.0275. The Morgan fingerprint density at radius 2 is 2.17 bits per heavy atom. The second-order valence-electron chi connectivity index (χ2n) is 5.27. The third-order valence-electron chi connectivity index (χ3n) is 3.49. The standard InChI is InChI=1S/C15H13Cl2N5O2/c1-7(9-3-2-8(16)4-10(9)17)19-13(23)5-12-20-11-6-18-22-14(11)15(24)21-12/h2-4,6-7H,5H2,1H3,(H,18,22)(H,19,23)(H,20,21,24). The molecule has 2 heterocycles. The normalized spacial score (nSPS) is 12.3. The molecule has 0 aliphatic rings. The van der Waals surface area contributed by atoms with Gasteiger partial charge >= 0.3 is 0 Å². The molecule has 1 unspecified atom stereocenters. The minimum Gasteiger partial charge on any atom is -0.349 e. The van der Waals surface area contributed by atoms with E-state index in [0.717, 1.165) is 5.56 Å². The highest BCUT2D eigenvalue weighted by Crippen LogP contribution is 2.26. The number of aromatic amines is 2. The predicted octanol–water partition coefficient (Wildman–Crippen LogP) is 2.37. The number of hydrogen-bond donors (Lipinski definition) is 3. The minimum atomic E-state index is -0.367. The van der Waals surface area contributed by atoms with E-state index in [4.69, 9.17) is 23.2 Å². The number of hydrogen-bond acceptors (Lipinski definition) is 4. The summed E-state index contributed by atoms with van der Waals surface area (Å²) in [4.78, 5) is 30.8. The average molecular weight is 366 g/mol. The van der Waals surface area contributed by atoms with E-state index in [9.17, 15) is 9.59 Å². The van der Waals surface area contributed by atoms with Crippen LogP contribution in [-0.4, -0.2) is 26.1 Å². The fraction of sp³-hybridized carbons (Fsp3) is 0.200. The Balaban J connectivity index is 1.73. The maximum absolute atomic E-state index is 12.2. The van der Waals surface area contributed by atoms with E-state index < -0.39 is 0 Å². The van der Waals surface area contributed by atoms with Gasteiger partial charge in [0.15, 0.2) is 0 Å². The summed E-state index contributed by atoms with van der Waals surface area (Å²) in [6, 6.07) is 4.77. The summed E-state index contributed by atoms with van der Waals surface area (Å²) in [7, 11) is 0. The Hall–Kier alpha value is -2.38. The molecule has 3 rings (SSSR count). The molecule has 0 radical (unpaired) electrons. The van der Waals surface area contributed by atoms with Gasteiger partial charge < -0.3 is 10.3 Å². The Morgan fingerprint density at radius 3 is 2.92 bits per heavy atom. The molecule has 0 spiro atoms. The zero-order valence-electron chi connectivity index (χ0n) is 12.6. The van der Waals surface area contributed by atoms with Crippen molar-refractivity contribution in [2.45, 2.75) is 19.4 Å². The summed E-state index contributed by atoms with van der Waals surface area (Å²) in [5.41, 5.74) is 1.08. The Morgan fingerprint density at radius 1 is 1.38 bits per heavy atom. The summed E-state index contributed by atoms with van der Waals surface area (Å²) in [6.07, 6.45) is 1.37. The van der Waals surface area contributed by atoms with Crippen LogP contribution in [0, 0.1) is 0 Å². The summed E-state index contributed by atoms with van der Waals surface area (Å²) in [6.45, 7) is 1.81. The monoisotopic (exact) mass is 365 g/mol. The number of halogens is 2. The lowest BCUT2D eigenvalue weighted by Gasteiger charge is -2.15. The van der Waals surface area contributed by atoms with Crippen molar-refractivity contribution >= 4 is 40.1 Å². The van der Waals surface area contributed by atoms with Gasteiger partial charge in [0.1, 0.15) is 16.9 Å². The highest BCUT2D eigenvalue weighted by molar-refractivity contribution is 6.35. The van der Waals surface area contributed by atoms with Gasteiger partial charge in [-0.2, -0.15) is 5.10 Å². The highest BCUT2D eigenvalue weighted by Gasteiger charge is 2.15. The molecule has 24 heavy (non-hydrogen) atoms. The quantitative estimate of drug-likeness (QED) is 0.660. The van der Waals surface area contributed by atoms with Crippen molar-refractivity contribution in [1.29, 1.82) is 0 Å². The Kier molecular flexibility index (Phi) is 4.55. The van der Waals surface area contributed by atoms with Gasteiger partial charge in [0.25, 0.3) is 5.56 Å². The number of carbonyl (C=O) groups is 1. The molecule has 2 aromatic heterocycles. The molecule has 7 nitrogen and oxygen atoms in total. The number of nitrogens with zero attached hydrogens (tertiary/aromatic N) is 2. The lowest BCUT2D eigenvalue weighted by atomic mass is 10.1. The van der Waals surface area contributed by atoms with Gasteiger partial charge in [-0.25, -0.2) is 4.98 Å². The van der Waals surface area contributed by atoms with Crippen LogP contribution in [0.3, 0.4) is 0 Å². The number of H-pyrrole nitrogens is 2. The summed E-state index contributed by atoms with van der Waals surface area (Å²) < 4.78 is 0. The zero-order chi connectivity index (χ0) is 17.3. The van der Waals surface area contributed by atoms with E-state index in [2.05, 4.69) is 25.5 Å². The van der Waals surface area contributed by atoms with Crippen molar-refractivity contribution in [3.8, 4) is 0 Å². The van der Waals surface area contributed by atoms with Crippen LogP contribution in [0.25, 0.3) is 11.0 Å². The van der Waals surface area contributed by atoms with Crippen molar-refractivity contribution in [3.63, 3.8) is 0 Å². The summed E-state index contributed by atoms with van der Waals surface area (Å²) >= 11 is 12.0. The Bertz CT molecular complexity index is 966. The van der Waals surface area contributed by atoms with Crippen LogP contribution in [0.5, 0.6) is 0 Å². The van der Waals surface area contributed by atoms with E-state index in [1.807, 2.05) is 6.92 Å². The highest BCUT2D eigenvalue weighted by atomic mass is 35.5. The van der Waals surface area contributed by atoms with Gasteiger partial charge in [-0.3, -0.25) is 14.7 Å². The number of rotatable bonds is 4. The largest absolute Gasteiger partial charge is 0.349 e. The van der Waals surface area contributed by atoms with Gasteiger partial charge in [-0.15, -0.1) is 0 Å². The van der Waals surface area contributed by atoms with Crippen LogP contribution in [0.4, 0.5) is 0 Å². The van der Waals surface area contributed by atoms with Crippen LogP contribution in [-0.2, 0) is 11.2 Å². The molecule has 0 saturated heterocycles. The predicted molar refractivity (Wildman–Crippen MR) is 91.2 cm³/mol. The Labute approximate surface area is 146 Å². The smallest absolute Gasteiger partial charge is 0.276 e. The van der Waals surface area contributed by atoms with Crippen molar-refractivity contribution in [1.82, 2.24) is 25.5 Å². The molecule has 9 heteroatoms. The van der Waals surface area contributed by atoms with Gasteiger partial charge in [0.05, 0.1) is 18.7 Å². The van der Waals surface area contributed by atoms with Crippen LogP contribution >= 0.6 is 23.2 Å². The SMILES string of the molecule is CC(NC(=O)Cc1nc2cn[nH]c2c(=O)[nH]1)c1ccc(Cl)cc1Cl. The molecule has 3 aromatic rings. The lowest BCUT2D eigenvalue weighted by Crippen LogP contribution is -2.29. The number of amides is 1. The van der Waals surface area contributed by atoms with Crippen LogP contribution in [0.2, 0.25) is 10.0 Å². The first-order valence-electron chi connectivity index (χ1n) is 7.10. The van der Waals surface area contributed by atoms with Gasteiger partial charge in [0, 0.05) is 10.0 Å². The maximum atomic E-state index is 12.2. The number of carbonyl (C=O) groups excluding carboxylic acids is 1. The van der Waals surface area contributed by atoms with E-state index >= 15 is 0 Å². The minimum absolute atomic E-state index is 0.0636. The van der Waals surface area contributed by atoms with Crippen LogP contribution < -0.4 is 10.9 Å². The first-order chi connectivity index (χ1) is 11.4. The molecule has 124 valence electrons. The molecule has 1 aromatic carbocycles. The molecule has 1 atom stereocenters. The molecule has 1 amide bonds.